The van der Waals surface area contributed by atoms with Crippen molar-refractivity contribution in [3.8, 4) is 0 Å². The van der Waals surface area contributed by atoms with E-state index in [-0.39, 0.29) is 22.6 Å². The average molecular weight is 320 g/mol. The van der Waals surface area contributed by atoms with Crippen molar-refractivity contribution in [2.45, 2.75) is 30.4 Å². The van der Waals surface area contributed by atoms with Gasteiger partial charge in [-0.2, -0.15) is 4.31 Å². The minimum Gasteiger partial charge on any atom is -0.392 e. The van der Waals surface area contributed by atoms with Gasteiger partial charge >= 0.3 is 0 Å². The van der Waals surface area contributed by atoms with Crippen LogP contribution in [0.3, 0.4) is 0 Å². The topological polar surface area (TPSA) is 66.8 Å². The van der Waals surface area contributed by atoms with Crippen molar-refractivity contribution in [1.29, 1.82) is 0 Å². The van der Waals surface area contributed by atoms with Crippen molar-refractivity contribution in [3.05, 3.63) is 28.8 Å². The maximum atomic E-state index is 12.6. The summed E-state index contributed by atoms with van der Waals surface area (Å²) in [6.45, 7) is 0.907. The van der Waals surface area contributed by atoms with Gasteiger partial charge in [0.2, 0.25) is 10.0 Å². The number of nitrogens with zero attached hydrogens (tertiary/aromatic N) is 1. The number of sulfonamides is 1. The van der Waals surface area contributed by atoms with Crippen LogP contribution in [0.5, 0.6) is 0 Å². The van der Waals surface area contributed by atoms with Gasteiger partial charge in [0.15, 0.2) is 0 Å². The first kappa shape index (κ1) is 15.7. The summed E-state index contributed by atoms with van der Waals surface area (Å²) in [5, 5.41) is 9.31. The Kier molecular flexibility index (Phi) is 5.04. The SMILES string of the molecule is CN(C1CCOCC1)S(=O)(=O)c1cc(CO)ccc1Cl. The summed E-state index contributed by atoms with van der Waals surface area (Å²) in [5.74, 6) is 0. The molecule has 0 aliphatic carbocycles. The predicted molar refractivity (Wildman–Crippen MR) is 76.2 cm³/mol. The zero-order valence-corrected chi connectivity index (χ0v) is 12.8. The molecule has 0 bridgehead atoms. The van der Waals surface area contributed by atoms with Crippen LogP contribution in [0.15, 0.2) is 23.1 Å². The largest absolute Gasteiger partial charge is 0.392 e. The van der Waals surface area contributed by atoms with Gasteiger partial charge in [-0.25, -0.2) is 8.42 Å². The van der Waals surface area contributed by atoms with Crippen LogP contribution >= 0.6 is 11.6 Å². The van der Waals surface area contributed by atoms with Crippen LogP contribution in [0.1, 0.15) is 18.4 Å². The molecule has 0 spiro atoms. The van der Waals surface area contributed by atoms with Crippen molar-refractivity contribution in [2.24, 2.45) is 0 Å². The maximum absolute atomic E-state index is 12.6. The van der Waals surface area contributed by atoms with Gasteiger partial charge in [-0.1, -0.05) is 17.7 Å². The molecular formula is C13H18ClNO4S. The fourth-order valence-corrected chi connectivity index (χ4v) is 4.18. The number of aliphatic hydroxyl groups excluding tert-OH is 1. The summed E-state index contributed by atoms with van der Waals surface area (Å²) in [7, 11) is -2.10. The van der Waals surface area contributed by atoms with Crippen molar-refractivity contribution in [1.82, 2.24) is 4.31 Å². The third-order valence-electron chi connectivity index (χ3n) is 3.54. The van der Waals surface area contributed by atoms with Crippen molar-refractivity contribution in [3.63, 3.8) is 0 Å². The zero-order valence-electron chi connectivity index (χ0n) is 11.3. The van der Waals surface area contributed by atoms with Crippen LogP contribution in [0.25, 0.3) is 0 Å². The van der Waals surface area contributed by atoms with Crippen LogP contribution < -0.4 is 0 Å². The van der Waals surface area contributed by atoms with Gasteiger partial charge in [-0.05, 0) is 30.5 Å². The summed E-state index contributed by atoms with van der Waals surface area (Å²) >= 11 is 6.01. The molecule has 1 saturated heterocycles. The van der Waals surface area contributed by atoms with Crippen molar-refractivity contribution >= 4 is 21.6 Å². The molecule has 20 heavy (non-hydrogen) atoms. The van der Waals surface area contributed by atoms with Crippen LogP contribution in [0, 0.1) is 0 Å². The smallest absolute Gasteiger partial charge is 0.244 e. The zero-order chi connectivity index (χ0) is 14.8. The van der Waals surface area contributed by atoms with Crippen molar-refractivity contribution < 1.29 is 18.3 Å². The minimum atomic E-state index is -3.67. The quantitative estimate of drug-likeness (QED) is 0.916. The maximum Gasteiger partial charge on any atom is 0.244 e. The van der Waals surface area contributed by atoms with Crippen LogP contribution in [0.2, 0.25) is 5.02 Å². The molecule has 112 valence electrons. The number of hydrogen-bond acceptors (Lipinski definition) is 4. The molecule has 5 nitrogen and oxygen atoms in total. The second-order valence-electron chi connectivity index (χ2n) is 4.79. The highest BCUT2D eigenvalue weighted by atomic mass is 35.5. The van der Waals surface area contributed by atoms with E-state index in [0.29, 0.717) is 31.6 Å². The molecule has 0 unspecified atom stereocenters. The van der Waals surface area contributed by atoms with Gasteiger partial charge in [-0.15, -0.1) is 0 Å². The van der Waals surface area contributed by atoms with Gasteiger partial charge in [0.25, 0.3) is 0 Å². The van der Waals surface area contributed by atoms with E-state index in [0.717, 1.165) is 0 Å². The van der Waals surface area contributed by atoms with E-state index in [9.17, 15) is 8.42 Å². The number of aliphatic hydroxyl groups is 1. The average Bonchev–Trinajstić information content (AvgIpc) is 2.47. The van der Waals surface area contributed by atoms with Gasteiger partial charge in [0.1, 0.15) is 4.90 Å². The fourth-order valence-electron chi connectivity index (χ4n) is 2.24. The molecule has 1 aromatic rings. The Hall–Kier alpha value is -0.660. The van der Waals surface area contributed by atoms with E-state index < -0.39 is 10.0 Å². The van der Waals surface area contributed by atoms with Crippen LogP contribution in [-0.4, -0.2) is 44.1 Å². The third kappa shape index (κ3) is 3.15. The highest BCUT2D eigenvalue weighted by Crippen LogP contribution is 2.28. The Morgan fingerprint density at radius 1 is 1.40 bits per heavy atom. The summed E-state index contributed by atoms with van der Waals surface area (Å²) in [4.78, 5) is 0.0414. The molecule has 2 rings (SSSR count). The number of rotatable bonds is 4. The second kappa shape index (κ2) is 6.41. The lowest BCUT2D eigenvalue weighted by molar-refractivity contribution is 0.0632. The molecule has 1 heterocycles. The normalized spacial score (nSPS) is 17.6. The number of ether oxygens (including phenoxy) is 1. The third-order valence-corrected chi connectivity index (χ3v) is 5.93. The summed E-state index contributed by atoms with van der Waals surface area (Å²) in [6.07, 6.45) is 1.35. The summed E-state index contributed by atoms with van der Waals surface area (Å²) in [5.41, 5.74) is 0.522. The number of benzene rings is 1. The Bertz CT molecular complexity index is 570. The molecule has 1 aromatic carbocycles. The standard InChI is InChI=1S/C13H18ClNO4S/c1-15(11-4-6-19-7-5-11)20(17,18)13-8-10(9-16)2-3-12(13)14/h2-3,8,11,16H,4-7,9H2,1H3. The van der Waals surface area contributed by atoms with Crippen molar-refractivity contribution in [2.75, 3.05) is 20.3 Å². The molecule has 0 amide bonds. The van der Waals surface area contributed by atoms with E-state index in [1.165, 1.54) is 16.4 Å². The first-order valence-corrected chi connectivity index (χ1v) is 8.23. The predicted octanol–water partition coefficient (Wildman–Crippen LogP) is 1.63. The molecular weight excluding hydrogens is 302 g/mol. The second-order valence-corrected chi connectivity index (χ2v) is 7.16. The first-order chi connectivity index (χ1) is 9.46. The molecule has 1 N–H and O–H groups in total. The van der Waals surface area contributed by atoms with Gasteiger partial charge in [0, 0.05) is 26.3 Å². The van der Waals surface area contributed by atoms with Gasteiger partial charge in [-0.3, -0.25) is 0 Å². The van der Waals surface area contributed by atoms with E-state index >= 15 is 0 Å². The highest BCUT2D eigenvalue weighted by molar-refractivity contribution is 7.89. The Labute approximate surface area is 124 Å². The first-order valence-electron chi connectivity index (χ1n) is 6.42. The van der Waals surface area contributed by atoms with Gasteiger partial charge < -0.3 is 9.84 Å². The van der Waals surface area contributed by atoms with E-state index in [2.05, 4.69) is 0 Å². The van der Waals surface area contributed by atoms with Gasteiger partial charge in [0.05, 0.1) is 11.6 Å². The highest BCUT2D eigenvalue weighted by Gasteiger charge is 2.30. The Morgan fingerprint density at radius 3 is 2.65 bits per heavy atom. The van der Waals surface area contributed by atoms with E-state index in [1.54, 1.807) is 13.1 Å². The molecule has 1 fully saturated rings. The molecule has 0 atom stereocenters. The molecule has 1 aliphatic heterocycles. The number of halogens is 1. The monoisotopic (exact) mass is 319 g/mol. The van der Waals surface area contributed by atoms with E-state index in [4.69, 9.17) is 21.4 Å². The summed E-state index contributed by atoms with van der Waals surface area (Å²) < 4.78 is 31.9. The fraction of sp³-hybridized carbons (Fsp3) is 0.538. The van der Waals surface area contributed by atoms with Crippen LogP contribution in [-0.2, 0) is 21.4 Å². The minimum absolute atomic E-state index is 0.0414. The molecule has 0 aromatic heterocycles. The molecule has 0 saturated carbocycles. The lowest BCUT2D eigenvalue weighted by Gasteiger charge is -2.30. The molecule has 1 aliphatic rings. The Balaban J connectivity index is 2.33. The molecule has 7 heteroatoms. The Morgan fingerprint density at radius 2 is 2.05 bits per heavy atom. The lowest BCUT2D eigenvalue weighted by Crippen LogP contribution is -2.40. The molecule has 0 radical (unpaired) electrons. The summed E-state index contributed by atoms with van der Waals surface area (Å²) in [6, 6.07) is 4.45. The lowest BCUT2D eigenvalue weighted by atomic mass is 10.1. The van der Waals surface area contributed by atoms with E-state index in [1.807, 2.05) is 0 Å². The van der Waals surface area contributed by atoms with Crippen LogP contribution in [0.4, 0.5) is 0 Å². The number of hydrogen-bond donors (Lipinski definition) is 1.